The van der Waals surface area contributed by atoms with Gasteiger partial charge in [-0.2, -0.15) is 5.26 Å². The number of benzene rings is 1. The van der Waals surface area contributed by atoms with E-state index >= 15 is 0 Å². The summed E-state index contributed by atoms with van der Waals surface area (Å²) in [5.74, 6) is 1.47. The zero-order valence-electron chi connectivity index (χ0n) is 9.13. The summed E-state index contributed by atoms with van der Waals surface area (Å²) < 4.78 is 11.3. The highest BCUT2D eigenvalue weighted by molar-refractivity contribution is 5.52. The standard InChI is InChI=1S/C12H13NO2/c1-8-4-5-9(2)11-10(8)14-7-12(3,6-13)15-11/h4-5H,7H2,1-3H3. The van der Waals surface area contributed by atoms with Crippen LogP contribution < -0.4 is 9.47 Å². The lowest BCUT2D eigenvalue weighted by atomic mass is 10.1. The molecule has 1 unspecified atom stereocenters. The van der Waals surface area contributed by atoms with E-state index in [1.165, 1.54) is 0 Å². The molecule has 1 aliphatic rings. The minimum atomic E-state index is -0.869. The van der Waals surface area contributed by atoms with E-state index in [2.05, 4.69) is 6.07 Å². The molecule has 1 aliphatic heterocycles. The Bertz CT molecular complexity index is 448. The molecule has 0 aliphatic carbocycles. The van der Waals surface area contributed by atoms with Crippen LogP contribution in [-0.4, -0.2) is 12.2 Å². The van der Waals surface area contributed by atoms with Gasteiger partial charge in [-0.05, 0) is 31.9 Å². The molecule has 0 aromatic heterocycles. The van der Waals surface area contributed by atoms with Crippen LogP contribution in [0.15, 0.2) is 12.1 Å². The Labute approximate surface area is 89.2 Å². The molecular weight excluding hydrogens is 190 g/mol. The molecule has 15 heavy (non-hydrogen) atoms. The van der Waals surface area contributed by atoms with E-state index < -0.39 is 5.60 Å². The summed E-state index contributed by atoms with van der Waals surface area (Å²) in [7, 11) is 0. The Kier molecular flexibility index (Phi) is 2.08. The lowest BCUT2D eigenvalue weighted by molar-refractivity contribution is 0.0489. The van der Waals surface area contributed by atoms with Gasteiger partial charge in [-0.25, -0.2) is 0 Å². The molecule has 0 bridgehead atoms. The molecule has 1 aromatic rings. The third-order valence-corrected chi connectivity index (χ3v) is 2.56. The molecule has 1 heterocycles. The predicted octanol–water partition coefficient (Wildman–Crippen LogP) is 2.36. The number of fused-ring (bicyclic) bond motifs is 1. The molecule has 0 saturated carbocycles. The van der Waals surface area contributed by atoms with Gasteiger partial charge in [0.25, 0.3) is 0 Å². The minimum absolute atomic E-state index is 0.279. The first-order chi connectivity index (χ1) is 7.06. The monoisotopic (exact) mass is 203 g/mol. The molecule has 3 nitrogen and oxygen atoms in total. The van der Waals surface area contributed by atoms with Gasteiger partial charge in [0.05, 0.1) is 0 Å². The van der Waals surface area contributed by atoms with Crippen molar-refractivity contribution in [3.05, 3.63) is 23.3 Å². The number of aryl methyl sites for hydroxylation is 2. The normalized spacial score (nSPS) is 23.3. The largest absolute Gasteiger partial charge is 0.484 e. The molecule has 0 fully saturated rings. The first kappa shape index (κ1) is 9.85. The molecule has 1 aromatic carbocycles. The summed E-state index contributed by atoms with van der Waals surface area (Å²) in [6, 6.07) is 6.09. The zero-order chi connectivity index (χ0) is 11.1. The maximum absolute atomic E-state index is 8.98. The molecule has 0 spiro atoms. The van der Waals surface area contributed by atoms with Crippen molar-refractivity contribution in [3.8, 4) is 17.6 Å². The number of nitriles is 1. The summed E-state index contributed by atoms with van der Waals surface area (Å²) in [4.78, 5) is 0. The Morgan fingerprint density at radius 2 is 1.87 bits per heavy atom. The van der Waals surface area contributed by atoms with Gasteiger partial charge in [0.15, 0.2) is 11.5 Å². The van der Waals surface area contributed by atoms with Crippen LogP contribution in [0.4, 0.5) is 0 Å². The molecule has 0 amide bonds. The van der Waals surface area contributed by atoms with E-state index in [1.807, 2.05) is 26.0 Å². The molecule has 78 valence electrons. The highest BCUT2D eigenvalue weighted by atomic mass is 16.6. The maximum atomic E-state index is 8.98. The zero-order valence-corrected chi connectivity index (χ0v) is 9.13. The molecule has 0 N–H and O–H groups in total. The minimum Gasteiger partial charge on any atom is -0.484 e. The van der Waals surface area contributed by atoms with Crippen molar-refractivity contribution in [1.29, 1.82) is 5.26 Å². The number of ether oxygens (including phenoxy) is 2. The van der Waals surface area contributed by atoms with E-state index in [0.717, 1.165) is 16.9 Å². The number of hydrogen-bond donors (Lipinski definition) is 0. The fraction of sp³-hybridized carbons (Fsp3) is 0.417. The second-order valence-corrected chi connectivity index (χ2v) is 4.09. The topological polar surface area (TPSA) is 42.2 Å². The van der Waals surface area contributed by atoms with Gasteiger partial charge in [0, 0.05) is 0 Å². The van der Waals surface area contributed by atoms with E-state index in [-0.39, 0.29) is 6.61 Å². The van der Waals surface area contributed by atoms with Gasteiger partial charge in [-0.3, -0.25) is 0 Å². The SMILES string of the molecule is Cc1ccc(C)c2c1OCC(C)(C#N)O2. The number of rotatable bonds is 0. The summed E-state index contributed by atoms with van der Waals surface area (Å²) in [5.41, 5.74) is 1.17. The molecule has 3 heteroatoms. The molecule has 1 atom stereocenters. The van der Waals surface area contributed by atoms with Crippen molar-refractivity contribution in [2.45, 2.75) is 26.4 Å². The lowest BCUT2D eigenvalue weighted by Gasteiger charge is -2.31. The van der Waals surface area contributed by atoms with Crippen LogP contribution in [0.2, 0.25) is 0 Å². The van der Waals surface area contributed by atoms with Crippen LogP contribution in [-0.2, 0) is 0 Å². The number of hydrogen-bond acceptors (Lipinski definition) is 3. The van der Waals surface area contributed by atoms with Gasteiger partial charge >= 0.3 is 0 Å². The summed E-state index contributed by atoms with van der Waals surface area (Å²) in [6.45, 7) is 5.93. The van der Waals surface area contributed by atoms with Crippen LogP contribution in [0.25, 0.3) is 0 Å². The highest BCUT2D eigenvalue weighted by Crippen LogP contribution is 2.40. The average Bonchev–Trinajstić information content (AvgIpc) is 2.24. The first-order valence-electron chi connectivity index (χ1n) is 4.89. The second-order valence-electron chi connectivity index (χ2n) is 4.09. The van der Waals surface area contributed by atoms with Gasteiger partial charge < -0.3 is 9.47 Å². The molecule has 2 rings (SSSR count). The van der Waals surface area contributed by atoms with Crippen molar-refractivity contribution in [3.63, 3.8) is 0 Å². The Balaban J connectivity index is 2.51. The van der Waals surface area contributed by atoms with Gasteiger partial charge in [0.2, 0.25) is 5.60 Å². The highest BCUT2D eigenvalue weighted by Gasteiger charge is 2.34. The Morgan fingerprint density at radius 3 is 2.47 bits per heavy atom. The van der Waals surface area contributed by atoms with Crippen LogP contribution in [0.5, 0.6) is 11.5 Å². The predicted molar refractivity (Wildman–Crippen MR) is 56.1 cm³/mol. The van der Waals surface area contributed by atoms with E-state index in [1.54, 1.807) is 6.92 Å². The van der Waals surface area contributed by atoms with Crippen LogP contribution in [0, 0.1) is 25.2 Å². The Morgan fingerprint density at radius 1 is 1.27 bits per heavy atom. The van der Waals surface area contributed by atoms with Crippen LogP contribution in [0.3, 0.4) is 0 Å². The van der Waals surface area contributed by atoms with Gasteiger partial charge in [0.1, 0.15) is 12.7 Å². The van der Waals surface area contributed by atoms with Crippen molar-refractivity contribution in [2.75, 3.05) is 6.61 Å². The smallest absolute Gasteiger partial charge is 0.225 e. The fourth-order valence-corrected chi connectivity index (χ4v) is 1.59. The second kappa shape index (κ2) is 3.16. The lowest BCUT2D eigenvalue weighted by Crippen LogP contribution is -2.40. The Hall–Kier alpha value is -1.69. The van der Waals surface area contributed by atoms with E-state index in [4.69, 9.17) is 14.7 Å². The molecule has 0 saturated heterocycles. The summed E-state index contributed by atoms with van der Waals surface area (Å²) in [6.07, 6.45) is 0. The molecule has 0 radical (unpaired) electrons. The number of nitrogens with zero attached hydrogens (tertiary/aromatic N) is 1. The third kappa shape index (κ3) is 1.52. The van der Waals surface area contributed by atoms with E-state index in [0.29, 0.717) is 5.75 Å². The van der Waals surface area contributed by atoms with Crippen LogP contribution >= 0.6 is 0 Å². The molecular formula is C12H13NO2. The fourth-order valence-electron chi connectivity index (χ4n) is 1.59. The van der Waals surface area contributed by atoms with Crippen LogP contribution in [0.1, 0.15) is 18.1 Å². The summed E-state index contributed by atoms with van der Waals surface area (Å²) >= 11 is 0. The van der Waals surface area contributed by atoms with Gasteiger partial charge in [-0.1, -0.05) is 12.1 Å². The van der Waals surface area contributed by atoms with Crippen molar-refractivity contribution >= 4 is 0 Å². The average molecular weight is 203 g/mol. The van der Waals surface area contributed by atoms with E-state index in [9.17, 15) is 0 Å². The van der Waals surface area contributed by atoms with Gasteiger partial charge in [-0.15, -0.1) is 0 Å². The maximum Gasteiger partial charge on any atom is 0.225 e. The quantitative estimate of drug-likeness (QED) is 0.650. The third-order valence-electron chi connectivity index (χ3n) is 2.56. The van der Waals surface area contributed by atoms with Crippen molar-refractivity contribution in [2.24, 2.45) is 0 Å². The summed E-state index contributed by atoms with van der Waals surface area (Å²) in [5, 5.41) is 8.98. The van der Waals surface area contributed by atoms with Crippen molar-refractivity contribution in [1.82, 2.24) is 0 Å². The van der Waals surface area contributed by atoms with Crippen molar-refractivity contribution < 1.29 is 9.47 Å². The first-order valence-corrected chi connectivity index (χ1v) is 4.89.